The van der Waals surface area contributed by atoms with Crippen LogP contribution in [0, 0.1) is 0 Å². The summed E-state index contributed by atoms with van der Waals surface area (Å²) in [5.74, 6) is 0.558. The monoisotopic (exact) mass is 282 g/mol. The average Bonchev–Trinajstić information content (AvgIpc) is 2.88. The summed E-state index contributed by atoms with van der Waals surface area (Å²) in [6.07, 6.45) is 0. The van der Waals surface area contributed by atoms with Gasteiger partial charge in [-0.1, -0.05) is 61.6 Å². The van der Waals surface area contributed by atoms with Crippen molar-refractivity contribution in [3.8, 4) is 0 Å². The fourth-order valence-electron chi connectivity index (χ4n) is 2.15. The van der Waals surface area contributed by atoms with Gasteiger partial charge in [-0.3, -0.25) is 0 Å². The second kappa shape index (κ2) is 5.63. The third-order valence-corrected chi connectivity index (χ3v) is 4.34. The van der Waals surface area contributed by atoms with Crippen LogP contribution in [0.5, 0.6) is 0 Å². The molecule has 0 radical (unpaired) electrons. The Morgan fingerprint density at radius 1 is 1.10 bits per heavy atom. The molecule has 20 heavy (non-hydrogen) atoms. The van der Waals surface area contributed by atoms with Gasteiger partial charge in [-0.2, -0.15) is 0 Å². The number of fused-ring (bicyclic) bond motifs is 1. The van der Waals surface area contributed by atoms with Crippen molar-refractivity contribution >= 4 is 26.7 Å². The van der Waals surface area contributed by atoms with Gasteiger partial charge in [-0.05, 0) is 29.2 Å². The van der Waals surface area contributed by atoms with Gasteiger partial charge in [0.1, 0.15) is 0 Å². The van der Waals surface area contributed by atoms with Gasteiger partial charge in [-0.25, -0.2) is 4.98 Å². The van der Waals surface area contributed by atoms with Gasteiger partial charge >= 0.3 is 0 Å². The molecule has 1 heterocycles. The molecule has 0 saturated carbocycles. The summed E-state index contributed by atoms with van der Waals surface area (Å²) >= 11 is 1.73. The fraction of sp³-hybridized carbons (Fsp3) is 0.235. The Hall–Kier alpha value is -1.87. The van der Waals surface area contributed by atoms with E-state index in [2.05, 4.69) is 66.6 Å². The number of aromatic nitrogens is 1. The summed E-state index contributed by atoms with van der Waals surface area (Å²) in [5, 5.41) is 4.40. The van der Waals surface area contributed by atoms with Gasteiger partial charge in [0.2, 0.25) is 0 Å². The lowest BCUT2D eigenvalue weighted by Crippen LogP contribution is -1.97. The molecule has 1 N–H and O–H groups in total. The summed E-state index contributed by atoms with van der Waals surface area (Å²) < 4.78 is 1.26. The predicted molar refractivity (Wildman–Crippen MR) is 87.5 cm³/mol. The number of hydrogen-bond acceptors (Lipinski definition) is 3. The van der Waals surface area contributed by atoms with Gasteiger partial charge < -0.3 is 5.32 Å². The van der Waals surface area contributed by atoms with Crippen molar-refractivity contribution in [2.45, 2.75) is 26.3 Å². The van der Waals surface area contributed by atoms with E-state index in [1.54, 1.807) is 11.3 Å². The lowest BCUT2D eigenvalue weighted by molar-refractivity contribution is 0.869. The normalized spacial score (nSPS) is 11.2. The zero-order chi connectivity index (χ0) is 13.9. The van der Waals surface area contributed by atoms with Crippen LogP contribution in [0.25, 0.3) is 10.2 Å². The van der Waals surface area contributed by atoms with Gasteiger partial charge in [-0.15, -0.1) is 0 Å². The molecule has 0 bridgehead atoms. The highest BCUT2D eigenvalue weighted by Crippen LogP contribution is 2.29. The minimum atomic E-state index is 0.558. The zero-order valence-corrected chi connectivity index (χ0v) is 12.6. The van der Waals surface area contributed by atoms with Crippen LogP contribution in [0.15, 0.2) is 48.5 Å². The van der Waals surface area contributed by atoms with Crippen molar-refractivity contribution in [1.82, 2.24) is 4.98 Å². The zero-order valence-electron chi connectivity index (χ0n) is 11.8. The van der Waals surface area contributed by atoms with Crippen molar-refractivity contribution in [3.63, 3.8) is 0 Å². The molecule has 3 aromatic rings. The molecule has 0 unspecified atom stereocenters. The molecule has 102 valence electrons. The first-order chi connectivity index (χ1) is 9.72. The lowest BCUT2D eigenvalue weighted by atomic mass is 10.0. The molecule has 0 saturated heterocycles. The molecule has 0 amide bonds. The van der Waals surface area contributed by atoms with E-state index in [9.17, 15) is 0 Å². The number of rotatable bonds is 4. The number of thiazole rings is 1. The van der Waals surface area contributed by atoms with E-state index < -0.39 is 0 Å². The van der Waals surface area contributed by atoms with Crippen molar-refractivity contribution < 1.29 is 0 Å². The number of nitrogens with one attached hydrogen (secondary N) is 1. The third-order valence-electron chi connectivity index (χ3n) is 3.37. The van der Waals surface area contributed by atoms with Crippen LogP contribution in [0.3, 0.4) is 0 Å². The molecule has 0 spiro atoms. The van der Waals surface area contributed by atoms with Gasteiger partial charge in [0.25, 0.3) is 0 Å². The lowest BCUT2D eigenvalue weighted by Gasteiger charge is -2.03. The Morgan fingerprint density at radius 3 is 2.65 bits per heavy atom. The van der Waals surface area contributed by atoms with Crippen LogP contribution in [0.2, 0.25) is 0 Å². The maximum absolute atomic E-state index is 4.64. The fourth-order valence-corrected chi connectivity index (χ4v) is 3.06. The molecular formula is C17H18N2S. The molecule has 0 aliphatic rings. The number of anilines is 1. The Balaban J connectivity index is 1.79. The van der Waals surface area contributed by atoms with Crippen LogP contribution in [0.1, 0.15) is 30.9 Å². The van der Waals surface area contributed by atoms with Crippen LogP contribution >= 0.6 is 11.3 Å². The van der Waals surface area contributed by atoms with Crippen LogP contribution < -0.4 is 5.32 Å². The molecule has 0 aliphatic heterocycles. The number of benzene rings is 2. The minimum Gasteiger partial charge on any atom is -0.357 e. The first-order valence-electron chi connectivity index (χ1n) is 6.90. The topological polar surface area (TPSA) is 24.9 Å². The molecule has 0 fully saturated rings. The summed E-state index contributed by atoms with van der Waals surface area (Å²) in [6.45, 7) is 5.26. The molecule has 0 atom stereocenters. The van der Waals surface area contributed by atoms with Crippen LogP contribution in [-0.4, -0.2) is 4.98 Å². The van der Waals surface area contributed by atoms with E-state index in [-0.39, 0.29) is 0 Å². The number of nitrogens with zero attached hydrogens (tertiary/aromatic N) is 1. The van der Waals surface area contributed by atoms with Gasteiger partial charge in [0, 0.05) is 6.54 Å². The molecule has 2 nitrogen and oxygen atoms in total. The van der Waals surface area contributed by atoms with Crippen molar-refractivity contribution in [1.29, 1.82) is 0 Å². The van der Waals surface area contributed by atoms with Gasteiger partial charge in [0.15, 0.2) is 5.13 Å². The smallest absolute Gasteiger partial charge is 0.184 e. The molecule has 0 aliphatic carbocycles. The highest BCUT2D eigenvalue weighted by atomic mass is 32.1. The van der Waals surface area contributed by atoms with Crippen molar-refractivity contribution in [3.05, 3.63) is 59.7 Å². The van der Waals surface area contributed by atoms with E-state index in [4.69, 9.17) is 0 Å². The maximum Gasteiger partial charge on any atom is 0.184 e. The highest BCUT2D eigenvalue weighted by Gasteiger charge is 2.06. The van der Waals surface area contributed by atoms with Crippen LogP contribution in [0.4, 0.5) is 5.13 Å². The molecule has 3 heteroatoms. The van der Waals surface area contributed by atoms with E-state index >= 15 is 0 Å². The molecule has 3 rings (SSSR count). The Morgan fingerprint density at radius 2 is 1.90 bits per heavy atom. The summed E-state index contributed by atoms with van der Waals surface area (Å²) in [7, 11) is 0. The van der Waals surface area contributed by atoms with Gasteiger partial charge in [0.05, 0.1) is 10.2 Å². The van der Waals surface area contributed by atoms with E-state index in [1.165, 1.54) is 15.8 Å². The summed E-state index contributed by atoms with van der Waals surface area (Å²) in [5.41, 5.74) is 3.72. The second-order valence-electron chi connectivity index (χ2n) is 5.24. The Bertz CT molecular complexity index is 701. The predicted octanol–water partition coefficient (Wildman–Crippen LogP) is 5.03. The molecular weight excluding hydrogens is 264 g/mol. The van der Waals surface area contributed by atoms with Crippen LogP contribution in [-0.2, 0) is 6.54 Å². The summed E-state index contributed by atoms with van der Waals surface area (Å²) in [6, 6.07) is 16.9. The average molecular weight is 282 g/mol. The number of hydrogen-bond donors (Lipinski definition) is 1. The van der Waals surface area contributed by atoms with Crippen molar-refractivity contribution in [2.75, 3.05) is 5.32 Å². The Labute approximate surface area is 123 Å². The maximum atomic E-state index is 4.64. The van der Waals surface area contributed by atoms with E-state index in [0.29, 0.717) is 5.92 Å². The third kappa shape index (κ3) is 2.83. The highest BCUT2D eigenvalue weighted by molar-refractivity contribution is 7.22. The Kier molecular flexibility index (Phi) is 3.70. The van der Waals surface area contributed by atoms with Crippen molar-refractivity contribution in [2.24, 2.45) is 0 Å². The standard InChI is InChI=1S/C17H18N2S/c1-12(2)14-8-9-15-16(10-14)20-17(19-15)18-11-13-6-4-3-5-7-13/h3-10,12H,11H2,1-2H3,(H,18,19). The summed E-state index contributed by atoms with van der Waals surface area (Å²) in [4.78, 5) is 4.64. The van der Waals surface area contributed by atoms with E-state index in [1.807, 2.05) is 6.07 Å². The molecule has 1 aromatic heterocycles. The molecule has 2 aromatic carbocycles. The van der Waals surface area contributed by atoms with E-state index in [0.717, 1.165) is 17.2 Å². The minimum absolute atomic E-state index is 0.558. The first kappa shape index (κ1) is 13.1. The SMILES string of the molecule is CC(C)c1ccc2nc(NCc3ccccc3)sc2c1. The first-order valence-corrected chi connectivity index (χ1v) is 7.72. The second-order valence-corrected chi connectivity index (χ2v) is 6.27. The largest absolute Gasteiger partial charge is 0.357 e. The quantitative estimate of drug-likeness (QED) is 0.725.